The summed E-state index contributed by atoms with van der Waals surface area (Å²) in [5, 5.41) is 9.28. The lowest BCUT2D eigenvalue weighted by Crippen LogP contribution is -2.47. The normalized spacial score (nSPS) is 16.9. The standard InChI is InChI=1S/C19H16F3N3O2/c1-10-9-25-15-7-12(20)8-23-17(15)16(11-2-3-13(21)14(22)6-11)18(25)19(27)24(10)4-5-26/h2-3,6-8,10,26H,4-5,9H2,1H3. The van der Waals surface area contributed by atoms with Gasteiger partial charge in [0.2, 0.25) is 0 Å². The minimum Gasteiger partial charge on any atom is -0.395 e. The highest BCUT2D eigenvalue weighted by atomic mass is 19.2. The number of rotatable bonds is 3. The van der Waals surface area contributed by atoms with Crippen LogP contribution in [0.3, 0.4) is 0 Å². The van der Waals surface area contributed by atoms with Crippen molar-refractivity contribution in [3.05, 3.63) is 53.6 Å². The van der Waals surface area contributed by atoms with Crippen LogP contribution in [0, 0.1) is 17.5 Å². The number of hydrogen-bond acceptors (Lipinski definition) is 3. The molecule has 3 aromatic rings. The second kappa shape index (κ2) is 6.38. The van der Waals surface area contributed by atoms with Gasteiger partial charge in [0.15, 0.2) is 11.6 Å². The molecule has 1 aromatic carbocycles. The topological polar surface area (TPSA) is 58.4 Å². The van der Waals surface area contributed by atoms with E-state index in [2.05, 4.69) is 4.98 Å². The number of β-amino-alcohol motifs (C(OH)–C–C–N with tert-alkyl or cyclic N) is 1. The third kappa shape index (κ3) is 2.68. The molecular weight excluding hydrogens is 359 g/mol. The fourth-order valence-corrected chi connectivity index (χ4v) is 3.66. The van der Waals surface area contributed by atoms with Crippen molar-refractivity contribution >= 4 is 16.9 Å². The van der Waals surface area contributed by atoms with Crippen LogP contribution in [0.15, 0.2) is 30.5 Å². The summed E-state index contributed by atoms with van der Waals surface area (Å²) >= 11 is 0. The van der Waals surface area contributed by atoms with E-state index in [-0.39, 0.29) is 36.4 Å². The predicted molar refractivity (Wildman–Crippen MR) is 92.6 cm³/mol. The molecule has 3 heterocycles. The zero-order valence-electron chi connectivity index (χ0n) is 14.4. The van der Waals surface area contributed by atoms with Gasteiger partial charge in [-0.15, -0.1) is 0 Å². The van der Waals surface area contributed by atoms with Crippen LogP contribution in [0.5, 0.6) is 0 Å². The fraction of sp³-hybridized carbons (Fsp3) is 0.263. The van der Waals surface area contributed by atoms with Gasteiger partial charge in [-0.1, -0.05) is 6.07 Å². The first-order valence-electron chi connectivity index (χ1n) is 8.47. The van der Waals surface area contributed by atoms with E-state index >= 15 is 0 Å². The van der Waals surface area contributed by atoms with Crippen LogP contribution in [-0.4, -0.2) is 44.7 Å². The molecule has 0 spiro atoms. The number of aliphatic hydroxyl groups is 1. The van der Waals surface area contributed by atoms with Gasteiger partial charge in [-0.05, 0) is 24.6 Å². The minimum atomic E-state index is -1.05. The van der Waals surface area contributed by atoms with Crippen molar-refractivity contribution < 1.29 is 23.1 Å². The van der Waals surface area contributed by atoms with Crippen LogP contribution in [-0.2, 0) is 6.54 Å². The number of carbonyl (C=O) groups is 1. The molecule has 1 unspecified atom stereocenters. The van der Waals surface area contributed by atoms with Crippen LogP contribution in [0.25, 0.3) is 22.2 Å². The lowest BCUT2D eigenvalue weighted by atomic mass is 10.0. The first-order chi connectivity index (χ1) is 12.9. The monoisotopic (exact) mass is 375 g/mol. The Morgan fingerprint density at radius 2 is 2.00 bits per heavy atom. The number of carbonyl (C=O) groups excluding carboxylic acids is 1. The molecule has 1 N–H and O–H groups in total. The van der Waals surface area contributed by atoms with Crippen molar-refractivity contribution in [3.63, 3.8) is 0 Å². The maximum Gasteiger partial charge on any atom is 0.271 e. The zero-order valence-corrected chi connectivity index (χ0v) is 14.4. The van der Waals surface area contributed by atoms with Crippen LogP contribution >= 0.6 is 0 Å². The molecule has 0 radical (unpaired) electrons. The van der Waals surface area contributed by atoms with Crippen molar-refractivity contribution in [2.75, 3.05) is 13.2 Å². The maximum absolute atomic E-state index is 13.8. The van der Waals surface area contributed by atoms with Crippen LogP contribution in [0.1, 0.15) is 17.4 Å². The summed E-state index contributed by atoms with van der Waals surface area (Å²) < 4.78 is 42.7. The Morgan fingerprint density at radius 1 is 1.22 bits per heavy atom. The molecule has 1 atom stereocenters. The van der Waals surface area contributed by atoms with E-state index in [1.54, 1.807) is 4.57 Å². The quantitative estimate of drug-likeness (QED) is 0.766. The number of aromatic nitrogens is 2. The molecule has 0 saturated carbocycles. The number of benzene rings is 1. The zero-order chi connectivity index (χ0) is 19.3. The van der Waals surface area contributed by atoms with Gasteiger partial charge in [-0.2, -0.15) is 0 Å². The fourth-order valence-electron chi connectivity index (χ4n) is 3.66. The van der Waals surface area contributed by atoms with Gasteiger partial charge >= 0.3 is 0 Å². The van der Waals surface area contributed by atoms with Gasteiger partial charge in [0.1, 0.15) is 11.5 Å². The van der Waals surface area contributed by atoms with Gasteiger partial charge in [0, 0.05) is 30.8 Å². The Kier molecular flexibility index (Phi) is 4.15. The molecule has 0 bridgehead atoms. The summed E-state index contributed by atoms with van der Waals surface area (Å²) in [5.41, 5.74) is 1.57. The van der Waals surface area contributed by atoms with E-state index in [1.165, 1.54) is 17.0 Å². The van der Waals surface area contributed by atoms with Gasteiger partial charge in [0.25, 0.3) is 5.91 Å². The minimum absolute atomic E-state index is 0.139. The van der Waals surface area contributed by atoms with Crippen molar-refractivity contribution in [3.8, 4) is 11.1 Å². The van der Waals surface area contributed by atoms with Gasteiger partial charge in [-0.3, -0.25) is 9.78 Å². The molecule has 1 aliphatic rings. The Bertz CT molecular complexity index is 1060. The molecule has 5 nitrogen and oxygen atoms in total. The van der Waals surface area contributed by atoms with E-state index in [1.807, 2.05) is 6.92 Å². The molecule has 4 rings (SSSR count). The Balaban J connectivity index is 2.04. The third-order valence-electron chi connectivity index (χ3n) is 4.86. The van der Waals surface area contributed by atoms with E-state index in [0.717, 1.165) is 18.3 Å². The SMILES string of the molecule is CC1Cn2c(c(-c3ccc(F)c(F)c3)c3ncc(F)cc32)C(=O)N1CCO. The smallest absolute Gasteiger partial charge is 0.271 e. The summed E-state index contributed by atoms with van der Waals surface area (Å²) in [6.45, 7) is 2.13. The van der Waals surface area contributed by atoms with Crippen molar-refractivity contribution in [1.29, 1.82) is 0 Å². The summed E-state index contributed by atoms with van der Waals surface area (Å²) in [7, 11) is 0. The summed E-state index contributed by atoms with van der Waals surface area (Å²) in [6.07, 6.45) is 1.02. The van der Waals surface area contributed by atoms with Crippen LogP contribution in [0.4, 0.5) is 13.2 Å². The summed E-state index contributed by atoms with van der Waals surface area (Å²) in [6, 6.07) is 4.38. The summed E-state index contributed by atoms with van der Waals surface area (Å²) in [4.78, 5) is 18.7. The Morgan fingerprint density at radius 3 is 2.70 bits per heavy atom. The molecule has 0 saturated heterocycles. The van der Waals surface area contributed by atoms with E-state index < -0.39 is 17.5 Å². The van der Waals surface area contributed by atoms with Crippen LogP contribution in [0.2, 0.25) is 0 Å². The number of aliphatic hydroxyl groups excluding tert-OH is 1. The summed E-state index contributed by atoms with van der Waals surface area (Å²) in [5.74, 6) is -2.98. The van der Waals surface area contributed by atoms with E-state index in [9.17, 15) is 23.1 Å². The number of fused-ring (bicyclic) bond motifs is 3. The number of amides is 1. The van der Waals surface area contributed by atoms with Gasteiger partial charge in [-0.25, -0.2) is 13.2 Å². The maximum atomic E-state index is 13.8. The lowest BCUT2D eigenvalue weighted by Gasteiger charge is -2.34. The number of pyridine rings is 1. The third-order valence-corrected chi connectivity index (χ3v) is 4.86. The molecule has 2 aromatic heterocycles. The van der Waals surface area contributed by atoms with Gasteiger partial charge < -0.3 is 14.6 Å². The highest BCUT2D eigenvalue weighted by Gasteiger charge is 2.35. The van der Waals surface area contributed by atoms with Crippen molar-refractivity contribution in [1.82, 2.24) is 14.5 Å². The molecule has 0 aliphatic carbocycles. The van der Waals surface area contributed by atoms with Gasteiger partial charge in [0.05, 0.1) is 23.8 Å². The number of halogens is 3. The molecule has 1 aliphatic heterocycles. The highest BCUT2D eigenvalue weighted by molar-refractivity contribution is 6.09. The second-order valence-corrected chi connectivity index (χ2v) is 6.56. The van der Waals surface area contributed by atoms with Crippen molar-refractivity contribution in [2.24, 2.45) is 0 Å². The first kappa shape index (κ1) is 17.5. The Labute approximate surface area is 152 Å². The lowest BCUT2D eigenvalue weighted by molar-refractivity contribution is 0.0573. The first-order valence-corrected chi connectivity index (χ1v) is 8.47. The van der Waals surface area contributed by atoms with E-state index in [0.29, 0.717) is 23.1 Å². The molecular formula is C19H16F3N3O2. The Hall–Kier alpha value is -2.87. The molecule has 8 heteroatoms. The molecule has 1 amide bonds. The second-order valence-electron chi connectivity index (χ2n) is 6.56. The molecule has 0 fully saturated rings. The molecule has 140 valence electrons. The molecule has 27 heavy (non-hydrogen) atoms. The average Bonchev–Trinajstić information content (AvgIpc) is 2.95. The highest BCUT2D eigenvalue weighted by Crippen LogP contribution is 2.37. The predicted octanol–water partition coefficient (Wildman–Crippen LogP) is 2.96. The number of hydrogen-bond donors (Lipinski definition) is 1. The van der Waals surface area contributed by atoms with Crippen LogP contribution < -0.4 is 0 Å². The van der Waals surface area contributed by atoms with Crippen molar-refractivity contribution in [2.45, 2.75) is 19.5 Å². The van der Waals surface area contributed by atoms with E-state index in [4.69, 9.17) is 0 Å². The average molecular weight is 375 g/mol. The number of nitrogens with zero attached hydrogens (tertiary/aromatic N) is 3. The largest absolute Gasteiger partial charge is 0.395 e.